The minimum Gasteiger partial charge on any atom is -0.264 e. The lowest BCUT2D eigenvalue weighted by atomic mass is 9.89. The maximum atomic E-state index is 5.50. The molecule has 0 spiro atoms. The largest absolute Gasteiger partial charge is 0.264 e. The van der Waals surface area contributed by atoms with E-state index in [0.29, 0.717) is 0 Å². The molecule has 0 fully saturated rings. The van der Waals surface area contributed by atoms with Gasteiger partial charge in [0.2, 0.25) is 0 Å². The van der Waals surface area contributed by atoms with Crippen molar-refractivity contribution >= 4 is 10.8 Å². The summed E-state index contributed by atoms with van der Waals surface area (Å²) in [5, 5.41) is 2.24. The highest BCUT2D eigenvalue weighted by molar-refractivity contribution is 6.07. The first kappa shape index (κ1) is 34.7. The van der Waals surface area contributed by atoms with Crippen LogP contribution in [0.15, 0.2) is 225 Å². The summed E-state index contributed by atoms with van der Waals surface area (Å²) in [6, 6.07) is 71.4. The third kappa shape index (κ3) is 6.98. The van der Waals surface area contributed by atoms with Gasteiger partial charge in [-0.15, -0.1) is 0 Å². The molecule has 0 saturated carbocycles. The predicted molar refractivity (Wildman–Crippen MR) is 241 cm³/mol. The molecule has 0 saturated heterocycles. The Morgan fingerprint density at radius 1 is 0.259 bits per heavy atom. The second kappa shape index (κ2) is 15.4. The van der Waals surface area contributed by atoms with Crippen LogP contribution < -0.4 is 0 Å². The van der Waals surface area contributed by atoms with Gasteiger partial charge in [-0.05, 0) is 102 Å². The predicted octanol–water partition coefficient (Wildman–Crippen LogP) is 14.4. The Labute approximate surface area is 338 Å². The van der Waals surface area contributed by atoms with Crippen LogP contribution in [-0.4, -0.2) is 15.0 Å². The van der Waals surface area contributed by atoms with E-state index in [1.54, 1.807) is 6.20 Å². The average Bonchev–Trinajstić information content (AvgIpc) is 3.32. The van der Waals surface area contributed by atoms with Gasteiger partial charge in [0.1, 0.15) is 0 Å². The molecular weight excluding hydrogens is 703 g/mol. The van der Waals surface area contributed by atoms with Crippen LogP contribution in [0.5, 0.6) is 0 Å². The Morgan fingerprint density at radius 3 is 1.14 bits per heavy atom. The van der Waals surface area contributed by atoms with Crippen molar-refractivity contribution in [2.24, 2.45) is 0 Å². The van der Waals surface area contributed by atoms with E-state index in [1.165, 1.54) is 22.3 Å². The third-order valence-corrected chi connectivity index (χ3v) is 10.9. The monoisotopic (exact) mass is 739 g/mol. The summed E-state index contributed by atoms with van der Waals surface area (Å²) in [7, 11) is 0. The van der Waals surface area contributed by atoms with Crippen molar-refractivity contribution in [1.82, 2.24) is 15.0 Å². The van der Waals surface area contributed by atoms with Crippen LogP contribution in [0.2, 0.25) is 0 Å². The minimum absolute atomic E-state index is 0.915. The maximum absolute atomic E-state index is 5.50. The summed E-state index contributed by atoms with van der Waals surface area (Å²) < 4.78 is 0. The molecule has 58 heavy (non-hydrogen) atoms. The van der Waals surface area contributed by atoms with Crippen molar-refractivity contribution < 1.29 is 0 Å². The summed E-state index contributed by atoms with van der Waals surface area (Å²) in [6.07, 6.45) is 7.42. The number of hydrogen-bond acceptors (Lipinski definition) is 3. The van der Waals surface area contributed by atoms with Crippen molar-refractivity contribution in [3.63, 3.8) is 0 Å². The Hall–Kier alpha value is -7.75. The molecule has 10 rings (SSSR count). The van der Waals surface area contributed by atoms with Gasteiger partial charge in [0.15, 0.2) is 0 Å². The molecule has 0 aliphatic heterocycles. The van der Waals surface area contributed by atoms with Gasteiger partial charge in [0.05, 0.1) is 11.4 Å². The summed E-state index contributed by atoms with van der Waals surface area (Å²) >= 11 is 0. The van der Waals surface area contributed by atoms with Gasteiger partial charge in [-0.1, -0.05) is 170 Å². The summed E-state index contributed by atoms with van der Waals surface area (Å²) in [6.45, 7) is 0. The van der Waals surface area contributed by atoms with Gasteiger partial charge in [0.25, 0.3) is 0 Å². The quantitative estimate of drug-likeness (QED) is 0.156. The molecule has 3 aromatic heterocycles. The van der Waals surface area contributed by atoms with Crippen molar-refractivity contribution in [3.8, 4) is 89.3 Å². The van der Waals surface area contributed by atoms with E-state index >= 15 is 0 Å². The molecule has 0 bridgehead atoms. The normalized spacial score (nSPS) is 11.1. The highest BCUT2D eigenvalue weighted by atomic mass is 14.7. The van der Waals surface area contributed by atoms with Crippen molar-refractivity contribution in [3.05, 3.63) is 225 Å². The Morgan fingerprint density at radius 2 is 0.655 bits per heavy atom. The minimum atomic E-state index is 0.915. The number of pyridine rings is 3. The molecule has 0 N–H and O–H groups in total. The van der Waals surface area contributed by atoms with Gasteiger partial charge < -0.3 is 0 Å². The van der Waals surface area contributed by atoms with Crippen molar-refractivity contribution in [2.45, 2.75) is 0 Å². The van der Waals surface area contributed by atoms with E-state index in [0.717, 1.165) is 77.8 Å². The van der Waals surface area contributed by atoms with Crippen LogP contribution in [-0.2, 0) is 0 Å². The van der Waals surface area contributed by atoms with Crippen molar-refractivity contribution in [2.75, 3.05) is 0 Å². The number of benzene rings is 7. The summed E-state index contributed by atoms with van der Waals surface area (Å²) in [5.74, 6) is 0. The van der Waals surface area contributed by atoms with Crippen LogP contribution >= 0.6 is 0 Å². The van der Waals surface area contributed by atoms with E-state index in [-0.39, 0.29) is 0 Å². The fourth-order valence-corrected chi connectivity index (χ4v) is 7.81. The van der Waals surface area contributed by atoms with E-state index < -0.39 is 0 Å². The SMILES string of the molecule is c1ccc(-c2ccc(-c3cc(-c4ccc(-c5ccccc5)cc4)c4cc(-c5ccc(-c6cccnc6)cc5)nc(-c5ccc(-c6cccnc6)cc5)c4c3)cc2)cc1. The lowest BCUT2D eigenvalue weighted by Gasteiger charge is -2.17. The first-order valence-corrected chi connectivity index (χ1v) is 19.6. The van der Waals surface area contributed by atoms with E-state index in [9.17, 15) is 0 Å². The number of hydrogen-bond donors (Lipinski definition) is 0. The van der Waals surface area contributed by atoms with Crippen LogP contribution in [0, 0.1) is 0 Å². The van der Waals surface area contributed by atoms with Crippen LogP contribution in [0.1, 0.15) is 0 Å². The molecule has 7 aromatic carbocycles. The smallest absolute Gasteiger partial charge is 0.0788 e. The molecule has 0 amide bonds. The summed E-state index contributed by atoms with van der Waals surface area (Å²) in [4.78, 5) is 14.2. The lowest BCUT2D eigenvalue weighted by Crippen LogP contribution is -1.95. The van der Waals surface area contributed by atoms with Gasteiger partial charge in [-0.3, -0.25) is 9.97 Å². The van der Waals surface area contributed by atoms with Gasteiger partial charge in [-0.2, -0.15) is 0 Å². The third-order valence-electron chi connectivity index (χ3n) is 10.9. The maximum Gasteiger partial charge on any atom is 0.0788 e. The summed E-state index contributed by atoms with van der Waals surface area (Å²) in [5.41, 5.74) is 17.7. The molecule has 0 radical (unpaired) electrons. The van der Waals surface area contributed by atoms with Gasteiger partial charge in [0, 0.05) is 41.3 Å². The van der Waals surface area contributed by atoms with Crippen LogP contribution in [0.4, 0.5) is 0 Å². The Kier molecular flexibility index (Phi) is 9.23. The van der Waals surface area contributed by atoms with Crippen LogP contribution in [0.25, 0.3) is 100 Å². The molecule has 10 aromatic rings. The number of nitrogens with zero attached hydrogens (tertiary/aromatic N) is 3. The zero-order valence-corrected chi connectivity index (χ0v) is 31.7. The molecule has 3 heteroatoms. The lowest BCUT2D eigenvalue weighted by molar-refractivity contribution is 1.32. The first-order valence-electron chi connectivity index (χ1n) is 19.6. The topological polar surface area (TPSA) is 38.7 Å². The molecule has 0 aliphatic rings. The highest BCUT2D eigenvalue weighted by Crippen LogP contribution is 2.41. The number of fused-ring (bicyclic) bond motifs is 1. The molecule has 272 valence electrons. The number of aromatic nitrogens is 3. The molecule has 3 heterocycles. The molecule has 0 aliphatic carbocycles. The zero-order valence-electron chi connectivity index (χ0n) is 31.7. The van der Waals surface area contributed by atoms with E-state index in [4.69, 9.17) is 4.98 Å². The fourth-order valence-electron chi connectivity index (χ4n) is 7.81. The van der Waals surface area contributed by atoms with Crippen molar-refractivity contribution in [1.29, 1.82) is 0 Å². The Balaban J connectivity index is 1.18. The second-order valence-electron chi connectivity index (χ2n) is 14.5. The first-order chi connectivity index (χ1) is 28.7. The fraction of sp³-hybridized carbons (Fsp3) is 0. The molecule has 0 atom stereocenters. The highest BCUT2D eigenvalue weighted by Gasteiger charge is 2.17. The van der Waals surface area contributed by atoms with E-state index in [2.05, 4.69) is 198 Å². The Bertz CT molecular complexity index is 2750. The average molecular weight is 740 g/mol. The van der Waals surface area contributed by atoms with Gasteiger partial charge >= 0.3 is 0 Å². The molecule has 0 unspecified atom stereocenters. The van der Waals surface area contributed by atoms with Gasteiger partial charge in [-0.25, -0.2) is 4.98 Å². The van der Waals surface area contributed by atoms with Crippen LogP contribution in [0.3, 0.4) is 0 Å². The molecular formula is C55H37N3. The van der Waals surface area contributed by atoms with E-state index in [1.807, 2.05) is 30.7 Å². The standard InChI is InChI=1S/C55H37N3/c1-3-9-38(10-4-1)40-15-17-44(18-16-40)50-33-51(45-25-19-41(20-26-45)39-11-5-2-6-12-39)52-35-54(46-27-21-42(22-28-46)48-13-7-31-56-36-48)58-55(53(52)34-50)47-29-23-43(24-30-47)49-14-8-32-57-37-49/h1-37H. The zero-order chi connectivity index (χ0) is 38.7. The second-order valence-corrected chi connectivity index (χ2v) is 14.5. The molecule has 3 nitrogen and oxygen atoms in total. The number of rotatable bonds is 8.